The highest BCUT2D eigenvalue weighted by Crippen LogP contribution is 2.26. The number of aliphatic hydroxyl groups excluding tert-OH is 1. The second-order valence-electron chi connectivity index (χ2n) is 5.03. The third kappa shape index (κ3) is 3.15. The highest BCUT2D eigenvalue weighted by Gasteiger charge is 2.43. The summed E-state index contributed by atoms with van der Waals surface area (Å²) in [5.41, 5.74) is 0.886. The maximum Gasteiger partial charge on any atom is 0.321 e. The normalized spacial score (nSPS) is 27.1. The number of aliphatic hydroxyl groups is 1. The molecule has 6 heteroatoms. The Balaban J connectivity index is 2.23. The Morgan fingerprint density at radius 3 is 2.35 bits per heavy atom. The fourth-order valence-electron chi connectivity index (χ4n) is 2.68. The third-order valence-corrected chi connectivity index (χ3v) is 3.54. The van der Waals surface area contributed by atoms with Crippen LogP contribution in [-0.4, -0.2) is 50.8 Å². The van der Waals surface area contributed by atoms with E-state index < -0.39 is 30.0 Å². The highest BCUT2D eigenvalue weighted by molar-refractivity contribution is 5.83. The second-order valence-corrected chi connectivity index (χ2v) is 5.03. The van der Waals surface area contributed by atoms with Gasteiger partial charge in [0.25, 0.3) is 0 Å². The van der Waals surface area contributed by atoms with Crippen molar-refractivity contribution < 1.29 is 24.9 Å². The summed E-state index contributed by atoms with van der Waals surface area (Å²) in [5.74, 6) is -3.45. The molecule has 0 unspecified atom stereocenters. The molecule has 6 nitrogen and oxygen atoms in total. The van der Waals surface area contributed by atoms with Gasteiger partial charge >= 0.3 is 11.9 Å². The predicted octanol–water partition coefficient (Wildman–Crippen LogP) is 0.407. The molecule has 0 bridgehead atoms. The highest BCUT2D eigenvalue weighted by atomic mass is 16.4. The van der Waals surface area contributed by atoms with E-state index in [1.165, 1.54) is 4.90 Å². The lowest BCUT2D eigenvalue weighted by Crippen LogP contribution is -2.56. The first kappa shape index (κ1) is 14.5. The second kappa shape index (κ2) is 6.02. The van der Waals surface area contributed by atoms with E-state index in [4.69, 9.17) is 5.11 Å². The summed E-state index contributed by atoms with van der Waals surface area (Å²) in [7, 11) is 0. The standard InChI is InChI=1S/C14H17NO5/c16-10-6-11(13(17)18)12(14(19)20)15(8-10)7-9-4-2-1-3-5-9/h1-5,10-12,16H,6-8H2,(H,17,18)(H,19,20)/t10-,11-,12-/m0/s1. The molecule has 1 saturated heterocycles. The van der Waals surface area contributed by atoms with Gasteiger partial charge in [-0.1, -0.05) is 30.3 Å². The lowest BCUT2D eigenvalue weighted by Gasteiger charge is -2.39. The Bertz CT molecular complexity index is 490. The van der Waals surface area contributed by atoms with E-state index in [1.807, 2.05) is 30.3 Å². The zero-order valence-electron chi connectivity index (χ0n) is 10.8. The van der Waals surface area contributed by atoms with E-state index in [2.05, 4.69) is 0 Å². The number of hydrogen-bond donors (Lipinski definition) is 3. The Morgan fingerprint density at radius 2 is 1.80 bits per heavy atom. The van der Waals surface area contributed by atoms with Crippen molar-refractivity contribution in [3.8, 4) is 0 Å². The first-order chi connectivity index (χ1) is 9.49. The molecule has 1 aromatic carbocycles. The van der Waals surface area contributed by atoms with Crippen molar-refractivity contribution >= 4 is 11.9 Å². The van der Waals surface area contributed by atoms with Gasteiger partial charge in [-0.25, -0.2) is 0 Å². The Hall–Kier alpha value is -1.92. The number of likely N-dealkylation sites (tertiary alicyclic amines) is 1. The number of β-amino-alcohol motifs (C(OH)–C–C–N with tert-alkyl or cyclic N) is 1. The van der Waals surface area contributed by atoms with Crippen LogP contribution < -0.4 is 0 Å². The van der Waals surface area contributed by atoms with Crippen molar-refractivity contribution in [2.45, 2.75) is 25.1 Å². The number of benzene rings is 1. The van der Waals surface area contributed by atoms with E-state index in [0.29, 0.717) is 6.54 Å². The van der Waals surface area contributed by atoms with Crippen LogP contribution in [-0.2, 0) is 16.1 Å². The van der Waals surface area contributed by atoms with Gasteiger partial charge in [0.05, 0.1) is 12.0 Å². The van der Waals surface area contributed by atoms with Crippen LogP contribution in [0.1, 0.15) is 12.0 Å². The van der Waals surface area contributed by atoms with E-state index in [0.717, 1.165) is 5.56 Å². The molecule has 0 aromatic heterocycles. The number of carbonyl (C=O) groups is 2. The zero-order chi connectivity index (χ0) is 14.7. The molecule has 1 heterocycles. The summed E-state index contributed by atoms with van der Waals surface area (Å²) in [6, 6.07) is 8.09. The average molecular weight is 279 g/mol. The van der Waals surface area contributed by atoms with Gasteiger partial charge in [-0.05, 0) is 12.0 Å². The number of hydrogen-bond acceptors (Lipinski definition) is 4. The van der Waals surface area contributed by atoms with Crippen molar-refractivity contribution in [2.75, 3.05) is 6.54 Å². The van der Waals surface area contributed by atoms with Gasteiger partial charge in [0.1, 0.15) is 6.04 Å². The average Bonchev–Trinajstić information content (AvgIpc) is 2.38. The molecule has 108 valence electrons. The first-order valence-electron chi connectivity index (χ1n) is 6.40. The van der Waals surface area contributed by atoms with Gasteiger partial charge in [0.15, 0.2) is 0 Å². The van der Waals surface area contributed by atoms with Gasteiger partial charge in [0.2, 0.25) is 0 Å². The molecule has 0 aliphatic carbocycles. The van der Waals surface area contributed by atoms with Crippen LogP contribution in [0.4, 0.5) is 0 Å². The summed E-state index contributed by atoms with van der Waals surface area (Å²) in [6.45, 7) is 0.467. The summed E-state index contributed by atoms with van der Waals surface area (Å²) in [5, 5.41) is 28.2. The van der Waals surface area contributed by atoms with Gasteiger partial charge in [0, 0.05) is 13.1 Å². The zero-order valence-corrected chi connectivity index (χ0v) is 10.8. The monoisotopic (exact) mass is 279 g/mol. The lowest BCUT2D eigenvalue weighted by molar-refractivity contribution is -0.162. The van der Waals surface area contributed by atoms with Crippen LogP contribution in [0, 0.1) is 5.92 Å². The molecule has 3 atom stereocenters. The van der Waals surface area contributed by atoms with Crippen molar-refractivity contribution in [2.24, 2.45) is 5.92 Å². The summed E-state index contributed by atoms with van der Waals surface area (Å²) >= 11 is 0. The number of piperidine rings is 1. The molecule has 1 fully saturated rings. The van der Waals surface area contributed by atoms with Crippen LogP contribution in [0.25, 0.3) is 0 Å². The molecular weight excluding hydrogens is 262 g/mol. The van der Waals surface area contributed by atoms with E-state index in [-0.39, 0.29) is 13.0 Å². The van der Waals surface area contributed by atoms with E-state index in [1.54, 1.807) is 0 Å². The molecule has 2 rings (SSSR count). The number of carboxylic acids is 2. The van der Waals surface area contributed by atoms with Crippen LogP contribution >= 0.6 is 0 Å². The number of carboxylic acid groups (broad SMARTS) is 2. The first-order valence-corrected chi connectivity index (χ1v) is 6.40. The van der Waals surface area contributed by atoms with Crippen LogP contribution in [0.3, 0.4) is 0 Å². The third-order valence-electron chi connectivity index (χ3n) is 3.54. The maximum atomic E-state index is 11.4. The van der Waals surface area contributed by atoms with Crippen molar-refractivity contribution in [1.82, 2.24) is 4.90 Å². The summed E-state index contributed by atoms with van der Waals surface area (Å²) < 4.78 is 0. The quantitative estimate of drug-likeness (QED) is 0.738. The van der Waals surface area contributed by atoms with Crippen molar-refractivity contribution in [1.29, 1.82) is 0 Å². The summed E-state index contributed by atoms with van der Waals surface area (Å²) in [6.07, 6.45) is -0.854. The Labute approximate surface area is 116 Å². The topological polar surface area (TPSA) is 98.1 Å². The molecule has 0 radical (unpaired) electrons. The molecule has 3 N–H and O–H groups in total. The minimum absolute atomic E-state index is 0.0302. The number of rotatable bonds is 4. The minimum Gasteiger partial charge on any atom is -0.481 e. The predicted molar refractivity (Wildman–Crippen MR) is 70.0 cm³/mol. The van der Waals surface area contributed by atoms with Crippen LogP contribution in [0.15, 0.2) is 30.3 Å². The van der Waals surface area contributed by atoms with Gasteiger partial charge < -0.3 is 15.3 Å². The molecule has 20 heavy (non-hydrogen) atoms. The molecule has 0 spiro atoms. The largest absolute Gasteiger partial charge is 0.481 e. The van der Waals surface area contributed by atoms with Crippen LogP contribution in [0.2, 0.25) is 0 Å². The molecule has 0 amide bonds. The van der Waals surface area contributed by atoms with Crippen LogP contribution in [0.5, 0.6) is 0 Å². The molecule has 1 aliphatic rings. The van der Waals surface area contributed by atoms with E-state index >= 15 is 0 Å². The fraction of sp³-hybridized carbons (Fsp3) is 0.429. The van der Waals surface area contributed by atoms with Crippen molar-refractivity contribution in [3.63, 3.8) is 0 Å². The van der Waals surface area contributed by atoms with E-state index in [9.17, 15) is 19.8 Å². The summed E-state index contributed by atoms with van der Waals surface area (Å²) in [4.78, 5) is 24.1. The number of nitrogens with zero attached hydrogens (tertiary/aromatic N) is 1. The van der Waals surface area contributed by atoms with Crippen molar-refractivity contribution in [3.05, 3.63) is 35.9 Å². The van der Waals surface area contributed by atoms with Gasteiger partial charge in [-0.3, -0.25) is 14.5 Å². The minimum atomic E-state index is -1.19. The Morgan fingerprint density at radius 1 is 1.15 bits per heavy atom. The lowest BCUT2D eigenvalue weighted by atomic mass is 9.87. The maximum absolute atomic E-state index is 11.4. The smallest absolute Gasteiger partial charge is 0.321 e. The SMILES string of the molecule is O=C(O)[C@H]1C[C@H](O)CN(Cc2ccccc2)[C@@H]1C(=O)O. The molecule has 1 aliphatic heterocycles. The fourth-order valence-corrected chi connectivity index (χ4v) is 2.68. The molecule has 1 aromatic rings. The molecule has 0 saturated carbocycles. The molecular formula is C14H17NO5. The number of aliphatic carboxylic acids is 2. The Kier molecular flexibility index (Phi) is 4.36. The van der Waals surface area contributed by atoms with Gasteiger partial charge in [-0.2, -0.15) is 0 Å². The van der Waals surface area contributed by atoms with Gasteiger partial charge in [-0.15, -0.1) is 0 Å².